The first kappa shape index (κ1) is 14.5. The predicted octanol–water partition coefficient (Wildman–Crippen LogP) is 2.21. The van der Waals surface area contributed by atoms with Crippen molar-refractivity contribution in [2.24, 2.45) is 5.73 Å². The van der Waals surface area contributed by atoms with E-state index in [0.29, 0.717) is 0 Å². The maximum absolute atomic E-state index is 11.9. The zero-order chi connectivity index (χ0) is 13.5. The summed E-state index contributed by atoms with van der Waals surface area (Å²) in [5, 5.41) is 2.89. The molecule has 0 heterocycles. The fraction of sp³-hybridized carbons (Fsp3) is 0.500. The van der Waals surface area contributed by atoms with Crippen molar-refractivity contribution >= 4 is 17.3 Å². The van der Waals surface area contributed by atoms with Gasteiger partial charge in [-0.25, -0.2) is 0 Å². The number of para-hydroxylation sites is 2. The summed E-state index contributed by atoms with van der Waals surface area (Å²) in [6.45, 7) is 2.09. The maximum Gasteiger partial charge on any atom is 0.241 e. The smallest absolute Gasteiger partial charge is 0.241 e. The third-order valence-electron chi connectivity index (χ3n) is 2.85. The molecule has 4 heteroatoms. The Bertz CT molecular complexity index is 390. The van der Waals surface area contributed by atoms with E-state index in [9.17, 15) is 4.79 Å². The number of benzene rings is 1. The molecule has 1 amide bonds. The molecule has 0 aliphatic carbocycles. The van der Waals surface area contributed by atoms with Crippen molar-refractivity contribution in [3.63, 3.8) is 0 Å². The molecule has 1 atom stereocenters. The van der Waals surface area contributed by atoms with E-state index in [4.69, 9.17) is 5.73 Å². The Morgan fingerprint density at radius 1 is 1.39 bits per heavy atom. The van der Waals surface area contributed by atoms with Gasteiger partial charge in [0.15, 0.2) is 0 Å². The standard InChI is InChI=1S/C14H23N3O/c1-4-5-8-11(15)14(18)16-12-9-6-7-10-13(12)17(2)3/h6-7,9-11H,4-5,8,15H2,1-3H3,(H,16,18). The van der Waals surface area contributed by atoms with E-state index in [2.05, 4.69) is 12.2 Å². The van der Waals surface area contributed by atoms with Gasteiger partial charge in [0.25, 0.3) is 0 Å². The van der Waals surface area contributed by atoms with Crippen molar-refractivity contribution in [3.05, 3.63) is 24.3 Å². The van der Waals surface area contributed by atoms with E-state index in [0.717, 1.165) is 30.6 Å². The summed E-state index contributed by atoms with van der Waals surface area (Å²) in [5.74, 6) is -0.113. The van der Waals surface area contributed by atoms with Gasteiger partial charge in [-0.3, -0.25) is 4.79 Å². The van der Waals surface area contributed by atoms with Crippen LogP contribution in [0.25, 0.3) is 0 Å². The molecule has 1 rings (SSSR count). The third-order valence-corrected chi connectivity index (χ3v) is 2.85. The highest BCUT2D eigenvalue weighted by atomic mass is 16.2. The molecule has 0 bridgehead atoms. The predicted molar refractivity (Wildman–Crippen MR) is 76.9 cm³/mol. The molecule has 0 aliphatic rings. The lowest BCUT2D eigenvalue weighted by atomic mass is 10.1. The van der Waals surface area contributed by atoms with Crippen LogP contribution in [0.5, 0.6) is 0 Å². The van der Waals surface area contributed by atoms with Crippen molar-refractivity contribution in [2.45, 2.75) is 32.2 Å². The van der Waals surface area contributed by atoms with Gasteiger partial charge in [0, 0.05) is 14.1 Å². The topological polar surface area (TPSA) is 58.4 Å². The van der Waals surface area contributed by atoms with Crippen LogP contribution in [-0.4, -0.2) is 26.0 Å². The molecular formula is C14H23N3O. The van der Waals surface area contributed by atoms with Gasteiger partial charge in [0.2, 0.25) is 5.91 Å². The fourth-order valence-electron chi connectivity index (χ4n) is 1.75. The molecular weight excluding hydrogens is 226 g/mol. The first-order chi connectivity index (χ1) is 8.56. The number of nitrogens with two attached hydrogens (primary N) is 1. The van der Waals surface area contributed by atoms with Gasteiger partial charge in [-0.2, -0.15) is 0 Å². The highest BCUT2D eigenvalue weighted by molar-refractivity contribution is 5.97. The number of hydrogen-bond acceptors (Lipinski definition) is 3. The third kappa shape index (κ3) is 4.04. The minimum Gasteiger partial charge on any atom is -0.376 e. The lowest BCUT2D eigenvalue weighted by molar-refractivity contribution is -0.117. The molecule has 100 valence electrons. The Morgan fingerprint density at radius 3 is 2.67 bits per heavy atom. The minimum absolute atomic E-state index is 0.113. The number of carbonyl (C=O) groups is 1. The summed E-state index contributed by atoms with van der Waals surface area (Å²) in [7, 11) is 3.89. The van der Waals surface area contributed by atoms with Crippen LogP contribution in [0.4, 0.5) is 11.4 Å². The lowest BCUT2D eigenvalue weighted by Crippen LogP contribution is -2.35. The first-order valence-corrected chi connectivity index (χ1v) is 6.39. The Morgan fingerprint density at radius 2 is 2.06 bits per heavy atom. The van der Waals surface area contributed by atoms with E-state index in [1.54, 1.807) is 0 Å². The van der Waals surface area contributed by atoms with E-state index in [-0.39, 0.29) is 5.91 Å². The van der Waals surface area contributed by atoms with Crippen LogP contribution in [0.1, 0.15) is 26.2 Å². The number of unbranched alkanes of at least 4 members (excludes halogenated alkanes) is 1. The van der Waals surface area contributed by atoms with Crippen LogP contribution in [0, 0.1) is 0 Å². The number of nitrogens with one attached hydrogen (secondary N) is 1. The SMILES string of the molecule is CCCCC(N)C(=O)Nc1ccccc1N(C)C. The zero-order valence-electron chi connectivity index (χ0n) is 11.4. The summed E-state index contributed by atoms with van der Waals surface area (Å²) in [4.78, 5) is 13.9. The van der Waals surface area contributed by atoms with Crippen LogP contribution in [0.15, 0.2) is 24.3 Å². The summed E-state index contributed by atoms with van der Waals surface area (Å²) in [5.41, 5.74) is 7.64. The number of rotatable bonds is 6. The second kappa shape index (κ2) is 7.01. The monoisotopic (exact) mass is 249 g/mol. The summed E-state index contributed by atoms with van der Waals surface area (Å²) in [6.07, 6.45) is 2.76. The van der Waals surface area contributed by atoms with Crippen LogP contribution in [0.2, 0.25) is 0 Å². The molecule has 0 saturated heterocycles. The molecule has 0 aromatic heterocycles. The number of amides is 1. The van der Waals surface area contributed by atoms with E-state index >= 15 is 0 Å². The fourth-order valence-corrected chi connectivity index (χ4v) is 1.75. The van der Waals surface area contributed by atoms with Crippen molar-refractivity contribution in [3.8, 4) is 0 Å². The molecule has 0 fully saturated rings. The number of hydrogen-bond donors (Lipinski definition) is 2. The molecule has 1 aromatic carbocycles. The van der Waals surface area contributed by atoms with Gasteiger partial charge in [-0.05, 0) is 18.6 Å². The molecule has 3 N–H and O–H groups in total. The average molecular weight is 249 g/mol. The van der Waals surface area contributed by atoms with E-state index < -0.39 is 6.04 Å². The first-order valence-electron chi connectivity index (χ1n) is 6.39. The minimum atomic E-state index is -0.430. The van der Waals surface area contributed by atoms with Gasteiger partial charge in [-0.1, -0.05) is 31.9 Å². The van der Waals surface area contributed by atoms with Crippen molar-refractivity contribution in [1.29, 1.82) is 0 Å². The van der Waals surface area contributed by atoms with Crippen LogP contribution >= 0.6 is 0 Å². The highest BCUT2D eigenvalue weighted by Gasteiger charge is 2.14. The number of anilines is 2. The molecule has 0 aliphatic heterocycles. The second-order valence-corrected chi connectivity index (χ2v) is 4.65. The largest absolute Gasteiger partial charge is 0.376 e. The van der Waals surface area contributed by atoms with Crippen molar-refractivity contribution in [1.82, 2.24) is 0 Å². The summed E-state index contributed by atoms with van der Waals surface area (Å²) in [6, 6.07) is 7.27. The van der Waals surface area contributed by atoms with Crippen LogP contribution in [-0.2, 0) is 4.79 Å². The van der Waals surface area contributed by atoms with Gasteiger partial charge in [0.1, 0.15) is 0 Å². The van der Waals surface area contributed by atoms with Gasteiger partial charge in [0.05, 0.1) is 17.4 Å². The van der Waals surface area contributed by atoms with Crippen LogP contribution in [0.3, 0.4) is 0 Å². The Hall–Kier alpha value is -1.55. The lowest BCUT2D eigenvalue weighted by Gasteiger charge is -2.19. The van der Waals surface area contributed by atoms with Gasteiger partial charge < -0.3 is 16.0 Å². The van der Waals surface area contributed by atoms with Gasteiger partial charge >= 0.3 is 0 Å². The zero-order valence-corrected chi connectivity index (χ0v) is 11.4. The highest BCUT2D eigenvalue weighted by Crippen LogP contribution is 2.23. The normalized spacial score (nSPS) is 12.0. The summed E-state index contributed by atoms with van der Waals surface area (Å²) < 4.78 is 0. The molecule has 0 saturated carbocycles. The quantitative estimate of drug-likeness (QED) is 0.812. The second-order valence-electron chi connectivity index (χ2n) is 4.65. The molecule has 0 spiro atoms. The number of carbonyl (C=O) groups excluding carboxylic acids is 1. The molecule has 18 heavy (non-hydrogen) atoms. The van der Waals surface area contributed by atoms with Crippen molar-refractivity contribution in [2.75, 3.05) is 24.3 Å². The van der Waals surface area contributed by atoms with Gasteiger partial charge in [-0.15, -0.1) is 0 Å². The summed E-state index contributed by atoms with van der Waals surface area (Å²) >= 11 is 0. The van der Waals surface area contributed by atoms with E-state index in [1.165, 1.54) is 0 Å². The molecule has 0 radical (unpaired) electrons. The Labute approximate surface area is 109 Å². The maximum atomic E-state index is 11.9. The average Bonchev–Trinajstić information content (AvgIpc) is 2.36. The van der Waals surface area contributed by atoms with E-state index in [1.807, 2.05) is 43.3 Å². The van der Waals surface area contributed by atoms with Crippen LogP contribution < -0.4 is 16.0 Å². The van der Waals surface area contributed by atoms with Crippen molar-refractivity contribution < 1.29 is 4.79 Å². The number of nitrogens with zero attached hydrogens (tertiary/aromatic N) is 1. The Balaban J connectivity index is 2.69. The molecule has 1 aromatic rings. The molecule has 4 nitrogen and oxygen atoms in total. The Kier molecular flexibility index (Phi) is 5.65. The molecule has 1 unspecified atom stereocenters.